The Morgan fingerprint density at radius 2 is 1.53 bits per heavy atom. The molecule has 0 heterocycles. The number of halogens is 3. The Kier molecular flexibility index (Phi) is 4.06. The zero-order valence-electron chi connectivity index (χ0n) is 9.87. The summed E-state index contributed by atoms with van der Waals surface area (Å²) in [6, 6.07) is 7.39. The number of aliphatic hydroxyl groups excluding tert-OH is 1. The predicted octanol–water partition coefficient (Wildman–Crippen LogP) is 3.18. The minimum absolute atomic E-state index is 0.0121. The van der Waals surface area contributed by atoms with E-state index in [4.69, 9.17) is 9.84 Å². The standard InChI is InChI=1S/C14H11F3O2/c15-11-3-1-10(6-12(11)16)8-19-14-4-2-9(7-18)5-13(14)17/h1-6,18H,7-8H2. The monoisotopic (exact) mass is 268 g/mol. The van der Waals surface area contributed by atoms with E-state index in [2.05, 4.69) is 0 Å². The second kappa shape index (κ2) is 5.75. The number of ether oxygens (including phenoxy) is 1. The van der Waals surface area contributed by atoms with Crippen molar-refractivity contribution in [1.29, 1.82) is 0 Å². The van der Waals surface area contributed by atoms with Crippen LogP contribution in [-0.4, -0.2) is 5.11 Å². The van der Waals surface area contributed by atoms with Crippen molar-refractivity contribution in [1.82, 2.24) is 0 Å². The van der Waals surface area contributed by atoms with Crippen LogP contribution in [0.3, 0.4) is 0 Å². The van der Waals surface area contributed by atoms with Crippen molar-refractivity contribution in [3.63, 3.8) is 0 Å². The molecule has 0 radical (unpaired) electrons. The van der Waals surface area contributed by atoms with E-state index in [1.165, 1.54) is 18.2 Å². The molecular weight excluding hydrogens is 257 g/mol. The first-order valence-corrected chi connectivity index (χ1v) is 5.56. The third kappa shape index (κ3) is 3.26. The minimum atomic E-state index is -0.975. The summed E-state index contributed by atoms with van der Waals surface area (Å²) in [5.74, 6) is -2.55. The lowest BCUT2D eigenvalue weighted by atomic mass is 10.2. The van der Waals surface area contributed by atoms with Crippen LogP contribution in [-0.2, 0) is 13.2 Å². The normalized spacial score (nSPS) is 10.5. The van der Waals surface area contributed by atoms with Crippen LogP contribution in [0.2, 0.25) is 0 Å². The average molecular weight is 268 g/mol. The Morgan fingerprint density at radius 3 is 2.16 bits per heavy atom. The molecule has 0 atom stereocenters. The maximum atomic E-state index is 13.5. The summed E-state index contributed by atoms with van der Waals surface area (Å²) in [6.45, 7) is -0.340. The van der Waals surface area contributed by atoms with Gasteiger partial charge in [0.25, 0.3) is 0 Å². The van der Waals surface area contributed by atoms with Gasteiger partial charge in [-0.15, -0.1) is 0 Å². The summed E-state index contributed by atoms with van der Waals surface area (Å²) in [5.41, 5.74) is 0.821. The Hall–Kier alpha value is -2.01. The molecule has 0 aromatic heterocycles. The molecule has 0 aliphatic carbocycles. The SMILES string of the molecule is OCc1ccc(OCc2ccc(F)c(F)c2)c(F)c1. The maximum Gasteiger partial charge on any atom is 0.165 e. The van der Waals surface area contributed by atoms with Gasteiger partial charge in [-0.05, 0) is 35.4 Å². The Morgan fingerprint density at radius 1 is 0.842 bits per heavy atom. The first-order chi connectivity index (χ1) is 9.10. The first-order valence-electron chi connectivity index (χ1n) is 5.56. The van der Waals surface area contributed by atoms with Crippen molar-refractivity contribution < 1.29 is 23.0 Å². The van der Waals surface area contributed by atoms with Crippen molar-refractivity contribution >= 4 is 0 Å². The smallest absolute Gasteiger partial charge is 0.165 e. The topological polar surface area (TPSA) is 29.5 Å². The van der Waals surface area contributed by atoms with Gasteiger partial charge < -0.3 is 9.84 Å². The summed E-state index contributed by atoms with van der Waals surface area (Å²) in [7, 11) is 0. The highest BCUT2D eigenvalue weighted by Gasteiger charge is 2.07. The molecule has 0 saturated heterocycles. The minimum Gasteiger partial charge on any atom is -0.486 e. The first kappa shape index (κ1) is 13.4. The number of hydrogen-bond acceptors (Lipinski definition) is 2. The molecule has 19 heavy (non-hydrogen) atoms. The fraction of sp³-hybridized carbons (Fsp3) is 0.143. The molecule has 1 N–H and O–H groups in total. The molecule has 2 aromatic carbocycles. The highest BCUT2D eigenvalue weighted by Crippen LogP contribution is 2.20. The predicted molar refractivity (Wildman–Crippen MR) is 63.0 cm³/mol. The molecule has 0 aliphatic rings. The van der Waals surface area contributed by atoms with Gasteiger partial charge in [0.2, 0.25) is 0 Å². The fourth-order valence-electron chi connectivity index (χ4n) is 1.55. The fourth-order valence-corrected chi connectivity index (χ4v) is 1.55. The van der Waals surface area contributed by atoms with E-state index in [9.17, 15) is 13.2 Å². The van der Waals surface area contributed by atoms with Gasteiger partial charge in [0.05, 0.1) is 6.61 Å². The molecule has 0 unspecified atom stereocenters. The lowest BCUT2D eigenvalue weighted by Crippen LogP contribution is -1.99. The van der Waals surface area contributed by atoms with Gasteiger partial charge in [-0.1, -0.05) is 12.1 Å². The van der Waals surface area contributed by atoms with Crippen LogP contribution in [0.5, 0.6) is 5.75 Å². The lowest BCUT2D eigenvalue weighted by molar-refractivity contribution is 0.276. The number of aliphatic hydroxyl groups is 1. The second-order valence-electron chi connectivity index (χ2n) is 3.96. The van der Waals surface area contributed by atoms with Crippen LogP contribution < -0.4 is 4.74 Å². The van der Waals surface area contributed by atoms with E-state index in [1.54, 1.807) is 0 Å². The van der Waals surface area contributed by atoms with Crippen molar-refractivity contribution in [2.75, 3.05) is 0 Å². The quantitative estimate of drug-likeness (QED) is 0.922. The molecule has 2 rings (SSSR count). The average Bonchev–Trinajstić information content (AvgIpc) is 2.41. The summed E-state index contributed by atoms with van der Waals surface area (Å²) in [5, 5.41) is 8.83. The van der Waals surface area contributed by atoms with Gasteiger partial charge >= 0.3 is 0 Å². The van der Waals surface area contributed by atoms with E-state index in [1.807, 2.05) is 0 Å². The molecular formula is C14H11F3O2. The molecule has 0 aliphatic heterocycles. The molecule has 2 aromatic rings. The molecule has 2 nitrogen and oxygen atoms in total. The largest absolute Gasteiger partial charge is 0.486 e. The van der Waals surface area contributed by atoms with E-state index in [0.717, 1.165) is 18.2 Å². The molecule has 0 amide bonds. The molecule has 0 fully saturated rings. The van der Waals surface area contributed by atoms with Gasteiger partial charge in [0.15, 0.2) is 23.2 Å². The van der Waals surface area contributed by atoms with E-state index < -0.39 is 17.5 Å². The summed E-state index contributed by atoms with van der Waals surface area (Å²) >= 11 is 0. The number of benzene rings is 2. The Bertz CT molecular complexity index is 585. The van der Waals surface area contributed by atoms with Crippen LogP contribution in [0, 0.1) is 17.5 Å². The number of hydrogen-bond donors (Lipinski definition) is 1. The number of rotatable bonds is 4. The Balaban J connectivity index is 2.07. The van der Waals surface area contributed by atoms with Gasteiger partial charge in [-0.2, -0.15) is 0 Å². The molecule has 5 heteroatoms. The molecule has 0 saturated carbocycles. The van der Waals surface area contributed by atoms with Crippen LogP contribution in [0.25, 0.3) is 0 Å². The maximum absolute atomic E-state index is 13.5. The molecule has 0 bridgehead atoms. The van der Waals surface area contributed by atoms with E-state index in [-0.39, 0.29) is 19.0 Å². The highest BCUT2D eigenvalue weighted by molar-refractivity contribution is 5.29. The zero-order chi connectivity index (χ0) is 13.8. The van der Waals surface area contributed by atoms with Gasteiger partial charge in [0.1, 0.15) is 6.61 Å². The summed E-state index contributed by atoms with van der Waals surface area (Å²) < 4.78 is 44.3. The lowest BCUT2D eigenvalue weighted by Gasteiger charge is -2.08. The summed E-state index contributed by atoms with van der Waals surface area (Å²) in [6.07, 6.45) is 0. The Labute approximate surface area is 108 Å². The second-order valence-corrected chi connectivity index (χ2v) is 3.96. The van der Waals surface area contributed by atoms with Crippen LogP contribution in [0.1, 0.15) is 11.1 Å². The van der Waals surface area contributed by atoms with Gasteiger partial charge in [-0.25, -0.2) is 13.2 Å². The van der Waals surface area contributed by atoms with Crippen LogP contribution in [0.4, 0.5) is 13.2 Å². The van der Waals surface area contributed by atoms with Crippen molar-refractivity contribution in [3.05, 3.63) is 65.0 Å². The van der Waals surface area contributed by atoms with Crippen molar-refractivity contribution in [2.24, 2.45) is 0 Å². The van der Waals surface area contributed by atoms with Crippen LogP contribution >= 0.6 is 0 Å². The van der Waals surface area contributed by atoms with Gasteiger partial charge in [-0.3, -0.25) is 0 Å². The molecule has 100 valence electrons. The van der Waals surface area contributed by atoms with E-state index in [0.29, 0.717) is 11.1 Å². The van der Waals surface area contributed by atoms with Crippen molar-refractivity contribution in [3.8, 4) is 5.75 Å². The van der Waals surface area contributed by atoms with Crippen LogP contribution in [0.15, 0.2) is 36.4 Å². The summed E-state index contributed by atoms with van der Waals surface area (Å²) in [4.78, 5) is 0. The third-order valence-electron chi connectivity index (χ3n) is 2.56. The zero-order valence-corrected chi connectivity index (χ0v) is 9.87. The third-order valence-corrected chi connectivity index (χ3v) is 2.56. The van der Waals surface area contributed by atoms with Gasteiger partial charge in [0, 0.05) is 0 Å². The molecule has 0 spiro atoms. The highest BCUT2D eigenvalue weighted by atomic mass is 19.2. The van der Waals surface area contributed by atoms with E-state index >= 15 is 0 Å². The van der Waals surface area contributed by atoms with Crippen molar-refractivity contribution in [2.45, 2.75) is 13.2 Å².